The van der Waals surface area contributed by atoms with Crippen molar-refractivity contribution in [2.45, 2.75) is 37.2 Å². The van der Waals surface area contributed by atoms with Gasteiger partial charge in [0, 0.05) is 23.6 Å². The van der Waals surface area contributed by atoms with Gasteiger partial charge in [0.25, 0.3) is 0 Å². The summed E-state index contributed by atoms with van der Waals surface area (Å²) in [6, 6.07) is 5.04. The number of nitrogens with zero attached hydrogens (tertiary/aromatic N) is 1. The molecule has 1 heterocycles. The molecule has 2 rings (SSSR count). The molecular formula is C14H22BrN3O2S. The molecule has 0 radical (unpaired) electrons. The third-order valence-corrected chi connectivity index (χ3v) is 6.19. The summed E-state index contributed by atoms with van der Waals surface area (Å²) in [7, 11) is -3.54. The van der Waals surface area contributed by atoms with Crippen LogP contribution in [0.25, 0.3) is 0 Å². The first-order chi connectivity index (χ1) is 9.92. The van der Waals surface area contributed by atoms with E-state index in [9.17, 15) is 8.42 Å². The van der Waals surface area contributed by atoms with Crippen LogP contribution in [-0.4, -0.2) is 39.0 Å². The van der Waals surface area contributed by atoms with E-state index < -0.39 is 10.0 Å². The Labute approximate surface area is 135 Å². The van der Waals surface area contributed by atoms with E-state index in [1.807, 2.05) is 13.0 Å². The topological polar surface area (TPSA) is 75.4 Å². The molecule has 1 atom stereocenters. The van der Waals surface area contributed by atoms with Crippen molar-refractivity contribution in [3.05, 3.63) is 28.2 Å². The maximum Gasteiger partial charge on any atom is 0.241 e. The minimum atomic E-state index is -3.54. The lowest BCUT2D eigenvalue weighted by atomic mass is 10.2. The second kappa shape index (κ2) is 7.19. The maximum absolute atomic E-state index is 12.5. The molecule has 0 aromatic heterocycles. The molecule has 1 fully saturated rings. The van der Waals surface area contributed by atoms with Crippen LogP contribution in [0.5, 0.6) is 0 Å². The van der Waals surface area contributed by atoms with Crippen molar-refractivity contribution in [2.24, 2.45) is 5.73 Å². The normalized spacial score (nSPS) is 18.0. The van der Waals surface area contributed by atoms with Gasteiger partial charge in [0.15, 0.2) is 0 Å². The summed E-state index contributed by atoms with van der Waals surface area (Å²) in [6.45, 7) is 5.07. The van der Waals surface area contributed by atoms with Crippen molar-refractivity contribution in [3.8, 4) is 0 Å². The van der Waals surface area contributed by atoms with Crippen LogP contribution in [0.2, 0.25) is 0 Å². The number of benzene rings is 1. The third kappa shape index (κ3) is 4.50. The van der Waals surface area contributed by atoms with Crippen molar-refractivity contribution >= 4 is 26.0 Å². The number of nitrogens with one attached hydrogen (secondary N) is 1. The first kappa shape index (κ1) is 16.9. The second-order valence-corrected chi connectivity index (χ2v) is 8.04. The lowest BCUT2D eigenvalue weighted by Crippen LogP contribution is -2.41. The van der Waals surface area contributed by atoms with Gasteiger partial charge in [-0.2, -0.15) is 0 Å². The van der Waals surface area contributed by atoms with E-state index in [1.165, 1.54) is 12.8 Å². The summed E-state index contributed by atoms with van der Waals surface area (Å²) in [4.78, 5) is 2.54. The summed E-state index contributed by atoms with van der Waals surface area (Å²) < 4.78 is 28.3. The summed E-state index contributed by atoms with van der Waals surface area (Å²) in [5, 5.41) is 0. The van der Waals surface area contributed by atoms with E-state index in [1.54, 1.807) is 12.1 Å². The number of hydrogen-bond acceptors (Lipinski definition) is 4. The SMILES string of the molecule is CC(CN1CCCC1)NS(=O)(=O)c1cc(CN)ccc1Br. The van der Waals surface area contributed by atoms with Crippen LogP contribution in [0.1, 0.15) is 25.3 Å². The number of likely N-dealkylation sites (tertiary alicyclic amines) is 1. The molecule has 7 heteroatoms. The molecule has 0 bridgehead atoms. The van der Waals surface area contributed by atoms with Crippen LogP contribution in [-0.2, 0) is 16.6 Å². The van der Waals surface area contributed by atoms with Gasteiger partial charge in [0.1, 0.15) is 0 Å². The fourth-order valence-electron chi connectivity index (χ4n) is 2.60. The van der Waals surface area contributed by atoms with E-state index in [2.05, 4.69) is 25.6 Å². The quantitative estimate of drug-likeness (QED) is 0.792. The lowest BCUT2D eigenvalue weighted by Gasteiger charge is -2.21. The number of rotatable bonds is 6. The Morgan fingerprint density at radius 2 is 2.05 bits per heavy atom. The van der Waals surface area contributed by atoms with Gasteiger partial charge in [-0.3, -0.25) is 0 Å². The lowest BCUT2D eigenvalue weighted by molar-refractivity contribution is 0.312. The molecule has 1 aromatic carbocycles. The van der Waals surface area contributed by atoms with Crippen LogP contribution in [0.3, 0.4) is 0 Å². The molecule has 118 valence electrons. The van der Waals surface area contributed by atoms with Crippen LogP contribution >= 0.6 is 15.9 Å². The van der Waals surface area contributed by atoms with Crippen LogP contribution in [0.15, 0.2) is 27.6 Å². The number of halogens is 1. The number of nitrogens with two attached hydrogens (primary N) is 1. The van der Waals surface area contributed by atoms with Crippen LogP contribution in [0.4, 0.5) is 0 Å². The summed E-state index contributed by atoms with van der Waals surface area (Å²) in [5.74, 6) is 0. The Morgan fingerprint density at radius 3 is 2.67 bits per heavy atom. The highest BCUT2D eigenvalue weighted by molar-refractivity contribution is 9.10. The predicted octanol–water partition coefficient (Wildman–Crippen LogP) is 1.67. The van der Waals surface area contributed by atoms with E-state index >= 15 is 0 Å². The van der Waals surface area contributed by atoms with E-state index in [0.29, 0.717) is 11.0 Å². The van der Waals surface area contributed by atoms with Gasteiger partial charge >= 0.3 is 0 Å². The molecule has 1 aliphatic heterocycles. The fourth-order valence-corrected chi connectivity index (χ4v) is 4.85. The van der Waals surface area contributed by atoms with Gasteiger partial charge in [0.05, 0.1) is 4.90 Å². The van der Waals surface area contributed by atoms with Gasteiger partial charge in [-0.25, -0.2) is 13.1 Å². The highest BCUT2D eigenvalue weighted by atomic mass is 79.9. The molecule has 1 aromatic rings. The Kier molecular flexibility index (Phi) is 5.79. The average Bonchev–Trinajstić information content (AvgIpc) is 2.91. The number of sulfonamides is 1. The Bertz CT molecular complexity index is 586. The molecule has 5 nitrogen and oxygen atoms in total. The number of hydrogen-bond donors (Lipinski definition) is 2. The summed E-state index contributed by atoms with van der Waals surface area (Å²) in [5.41, 5.74) is 6.38. The Hall–Kier alpha value is -0.470. The first-order valence-electron chi connectivity index (χ1n) is 7.15. The van der Waals surface area contributed by atoms with Crippen molar-refractivity contribution in [2.75, 3.05) is 19.6 Å². The van der Waals surface area contributed by atoms with Gasteiger partial charge in [-0.05, 0) is 66.5 Å². The molecule has 0 spiro atoms. The van der Waals surface area contributed by atoms with E-state index in [4.69, 9.17) is 5.73 Å². The van der Waals surface area contributed by atoms with Gasteiger partial charge in [-0.15, -0.1) is 0 Å². The molecule has 0 saturated carbocycles. The van der Waals surface area contributed by atoms with Gasteiger partial charge in [0.2, 0.25) is 10.0 Å². The van der Waals surface area contributed by atoms with Crippen molar-refractivity contribution < 1.29 is 8.42 Å². The largest absolute Gasteiger partial charge is 0.326 e. The minimum Gasteiger partial charge on any atom is -0.326 e. The Morgan fingerprint density at radius 1 is 1.38 bits per heavy atom. The highest BCUT2D eigenvalue weighted by Gasteiger charge is 2.22. The maximum atomic E-state index is 12.5. The fraction of sp³-hybridized carbons (Fsp3) is 0.571. The van der Waals surface area contributed by atoms with Crippen LogP contribution < -0.4 is 10.5 Å². The molecule has 21 heavy (non-hydrogen) atoms. The zero-order valence-corrected chi connectivity index (χ0v) is 14.6. The molecule has 0 amide bonds. The van der Waals surface area contributed by atoms with Crippen molar-refractivity contribution in [1.82, 2.24) is 9.62 Å². The van der Waals surface area contributed by atoms with E-state index in [-0.39, 0.29) is 10.9 Å². The molecule has 1 saturated heterocycles. The molecule has 1 unspecified atom stereocenters. The Balaban J connectivity index is 2.10. The molecule has 1 aliphatic rings. The van der Waals surface area contributed by atoms with Crippen molar-refractivity contribution in [1.29, 1.82) is 0 Å². The molecule has 0 aliphatic carbocycles. The predicted molar refractivity (Wildman–Crippen MR) is 87.5 cm³/mol. The molecule has 3 N–H and O–H groups in total. The molecular weight excluding hydrogens is 354 g/mol. The average molecular weight is 376 g/mol. The monoisotopic (exact) mass is 375 g/mol. The zero-order chi connectivity index (χ0) is 15.5. The summed E-state index contributed by atoms with van der Waals surface area (Å²) >= 11 is 3.30. The third-order valence-electron chi connectivity index (χ3n) is 3.61. The first-order valence-corrected chi connectivity index (χ1v) is 9.43. The smallest absolute Gasteiger partial charge is 0.241 e. The minimum absolute atomic E-state index is 0.124. The van der Waals surface area contributed by atoms with E-state index in [0.717, 1.165) is 25.2 Å². The van der Waals surface area contributed by atoms with Gasteiger partial charge < -0.3 is 10.6 Å². The van der Waals surface area contributed by atoms with Gasteiger partial charge in [-0.1, -0.05) is 6.07 Å². The highest BCUT2D eigenvalue weighted by Crippen LogP contribution is 2.23. The second-order valence-electron chi connectivity index (χ2n) is 5.50. The van der Waals surface area contributed by atoms with Crippen molar-refractivity contribution in [3.63, 3.8) is 0 Å². The van der Waals surface area contributed by atoms with Crippen LogP contribution in [0, 0.1) is 0 Å². The standard InChI is InChI=1S/C14H22BrN3O2S/c1-11(10-18-6-2-3-7-18)17-21(19,20)14-8-12(9-16)4-5-13(14)15/h4-5,8,11,17H,2-3,6-7,9-10,16H2,1H3. The summed E-state index contributed by atoms with van der Waals surface area (Å²) in [6.07, 6.45) is 2.40. The zero-order valence-electron chi connectivity index (χ0n) is 12.2.